The summed E-state index contributed by atoms with van der Waals surface area (Å²) in [5.41, 5.74) is 1.06. The minimum Gasteiger partial charge on any atom is -0.396 e. The quantitative estimate of drug-likeness (QED) is 0.770. The first kappa shape index (κ1) is 15.5. The van der Waals surface area contributed by atoms with Gasteiger partial charge in [0.2, 0.25) is 5.91 Å². The molecule has 0 aliphatic heterocycles. The lowest BCUT2D eigenvalue weighted by Gasteiger charge is -2.18. The molecule has 1 unspecified atom stereocenters. The number of carbonyl (C=O) groups is 1. The van der Waals surface area contributed by atoms with E-state index in [-0.39, 0.29) is 18.6 Å². The monoisotopic (exact) mass is 301 g/mol. The highest BCUT2D eigenvalue weighted by Crippen LogP contribution is 2.18. The molecule has 2 N–H and O–H groups in total. The van der Waals surface area contributed by atoms with Gasteiger partial charge in [0.15, 0.2) is 0 Å². The Morgan fingerprint density at radius 3 is 2.71 bits per heavy atom. The Morgan fingerprint density at radius 2 is 2.05 bits per heavy atom. The van der Waals surface area contributed by atoms with Gasteiger partial charge in [-0.25, -0.2) is 0 Å². The minimum atomic E-state index is -0.116. The number of thiophene rings is 1. The molecule has 2 aromatic rings. The first-order valence-electron chi connectivity index (χ1n) is 6.97. The predicted molar refractivity (Wildman–Crippen MR) is 87.0 cm³/mol. The van der Waals surface area contributed by atoms with E-state index in [1.165, 1.54) is 0 Å². The van der Waals surface area contributed by atoms with Crippen LogP contribution in [0.5, 0.6) is 0 Å². The molecule has 2 rings (SSSR count). The lowest BCUT2D eigenvalue weighted by molar-refractivity contribution is -0.117. The standard InChI is InChI=1S/C17H19NO2S/c19-12-4-9-16(14-6-2-1-3-7-14)18-17(20)11-10-15-8-5-13-21-15/h1-3,5-8,10-11,13,16,19H,4,9,12H2,(H,18,20)/b11-10+. The SMILES string of the molecule is O=C(/C=C/c1cccs1)NC(CCCO)c1ccccc1. The second-order valence-electron chi connectivity index (χ2n) is 4.69. The summed E-state index contributed by atoms with van der Waals surface area (Å²) in [5, 5.41) is 14.0. The van der Waals surface area contributed by atoms with Crippen LogP contribution in [-0.4, -0.2) is 17.6 Å². The largest absolute Gasteiger partial charge is 0.396 e. The number of benzene rings is 1. The average Bonchev–Trinajstić information content (AvgIpc) is 3.03. The molecule has 0 fully saturated rings. The van der Waals surface area contributed by atoms with Crippen molar-refractivity contribution in [1.82, 2.24) is 5.32 Å². The van der Waals surface area contributed by atoms with Gasteiger partial charge in [0.1, 0.15) is 0 Å². The summed E-state index contributed by atoms with van der Waals surface area (Å²) in [4.78, 5) is 13.1. The Balaban J connectivity index is 1.99. The van der Waals surface area contributed by atoms with Gasteiger partial charge in [0.25, 0.3) is 0 Å². The van der Waals surface area contributed by atoms with Crippen LogP contribution in [0.4, 0.5) is 0 Å². The van der Waals surface area contributed by atoms with Crippen molar-refractivity contribution in [3.05, 3.63) is 64.4 Å². The number of aliphatic hydroxyl groups is 1. The van der Waals surface area contributed by atoms with E-state index in [0.29, 0.717) is 6.42 Å². The van der Waals surface area contributed by atoms with E-state index in [0.717, 1.165) is 16.9 Å². The number of hydrogen-bond acceptors (Lipinski definition) is 3. The van der Waals surface area contributed by atoms with Crippen LogP contribution in [0.15, 0.2) is 53.9 Å². The van der Waals surface area contributed by atoms with Gasteiger partial charge >= 0.3 is 0 Å². The molecule has 4 heteroatoms. The number of aliphatic hydroxyl groups excluding tert-OH is 1. The van der Waals surface area contributed by atoms with Gasteiger partial charge in [-0.1, -0.05) is 36.4 Å². The molecule has 0 bridgehead atoms. The Hall–Kier alpha value is -1.91. The summed E-state index contributed by atoms with van der Waals surface area (Å²) in [6.45, 7) is 0.129. The fraction of sp³-hybridized carbons (Fsp3) is 0.235. The Morgan fingerprint density at radius 1 is 1.24 bits per heavy atom. The van der Waals surface area contributed by atoms with Gasteiger partial charge in [-0.2, -0.15) is 0 Å². The Labute approximate surface area is 128 Å². The maximum atomic E-state index is 12.0. The molecule has 1 aromatic carbocycles. The summed E-state index contributed by atoms with van der Waals surface area (Å²) in [7, 11) is 0. The smallest absolute Gasteiger partial charge is 0.244 e. The molecule has 110 valence electrons. The van der Waals surface area contributed by atoms with Crippen LogP contribution in [0.25, 0.3) is 6.08 Å². The zero-order chi connectivity index (χ0) is 14.9. The minimum absolute atomic E-state index is 0.0705. The fourth-order valence-corrected chi connectivity index (χ4v) is 2.68. The van der Waals surface area contributed by atoms with E-state index < -0.39 is 0 Å². The molecule has 0 aliphatic rings. The second-order valence-corrected chi connectivity index (χ2v) is 5.67. The maximum Gasteiger partial charge on any atom is 0.244 e. The molecule has 3 nitrogen and oxygen atoms in total. The predicted octanol–water partition coefficient (Wildman–Crippen LogP) is 3.39. The second kappa shape index (κ2) is 8.39. The molecule has 1 amide bonds. The van der Waals surface area contributed by atoms with Gasteiger partial charge in [-0.3, -0.25) is 4.79 Å². The van der Waals surface area contributed by atoms with Crippen LogP contribution < -0.4 is 5.32 Å². The molecule has 0 spiro atoms. The van der Waals surface area contributed by atoms with Gasteiger partial charge in [0.05, 0.1) is 6.04 Å². The van der Waals surface area contributed by atoms with E-state index in [9.17, 15) is 4.79 Å². The number of carbonyl (C=O) groups excluding carboxylic acids is 1. The molecular formula is C17H19NO2S. The third kappa shape index (κ3) is 5.17. The van der Waals surface area contributed by atoms with Crippen LogP contribution in [-0.2, 0) is 4.79 Å². The molecule has 21 heavy (non-hydrogen) atoms. The van der Waals surface area contributed by atoms with Crippen LogP contribution in [0.3, 0.4) is 0 Å². The molecule has 0 saturated heterocycles. The zero-order valence-electron chi connectivity index (χ0n) is 11.7. The molecule has 0 saturated carbocycles. The molecule has 0 aliphatic carbocycles. The normalized spacial score (nSPS) is 12.4. The third-order valence-electron chi connectivity index (χ3n) is 3.11. The fourth-order valence-electron chi connectivity index (χ4n) is 2.07. The molecule has 1 heterocycles. The first-order chi connectivity index (χ1) is 10.3. The highest BCUT2D eigenvalue weighted by Gasteiger charge is 2.12. The van der Waals surface area contributed by atoms with Crippen LogP contribution in [0.1, 0.15) is 29.3 Å². The van der Waals surface area contributed by atoms with E-state index in [4.69, 9.17) is 5.11 Å². The number of nitrogens with one attached hydrogen (secondary N) is 1. The highest BCUT2D eigenvalue weighted by molar-refractivity contribution is 7.10. The first-order valence-corrected chi connectivity index (χ1v) is 7.85. The number of rotatable bonds is 7. The van der Waals surface area contributed by atoms with E-state index >= 15 is 0 Å². The van der Waals surface area contributed by atoms with Gasteiger partial charge in [0, 0.05) is 17.6 Å². The summed E-state index contributed by atoms with van der Waals surface area (Å²) < 4.78 is 0. The number of hydrogen-bond donors (Lipinski definition) is 2. The van der Waals surface area contributed by atoms with Crippen molar-refractivity contribution < 1.29 is 9.90 Å². The van der Waals surface area contributed by atoms with Crippen LogP contribution >= 0.6 is 11.3 Å². The summed E-state index contributed by atoms with van der Waals surface area (Å²) in [5.74, 6) is -0.116. The third-order valence-corrected chi connectivity index (χ3v) is 3.95. The molecule has 1 aromatic heterocycles. The van der Waals surface area contributed by atoms with E-state index in [1.54, 1.807) is 17.4 Å². The van der Waals surface area contributed by atoms with Crippen molar-refractivity contribution in [3.8, 4) is 0 Å². The van der Waals surface area contributed by atoms with Crippen molar-refractivity contribution >= 4 is 23.3 Å². The average molecular weight is 301 g/mol. The van der Waals surface area contributed by atoms with E-state index in [1.807, 2.05) is 53.9 Å². The summed E-state index contributed by atoms with van der Waals surface area (Å²) in [6.07, 6.45) is 4.75. The summed E-state index contributed by atoms with van der Waals surface area (Å²) in [6, 6.07) is 13.7. The Bertz CT molecular complexity index is 564. The summed E-state index contributed by atoms with van der Waals surface area (Å²) >= 11 is 1.59. The van der Waals surface area contributed by atoms with Crippen molar-refractivity contribution in [3.63, 3.8) is 0 Å². The molecule has 0 radical (unpaired) electrons. The van der Waals surface area contributed by atoms with Gasteiger partial charge < -0.3 is 10.4 Å². The maximum absolute atomic E-state index is 12.0. The molecule has 1 atom stereocenters. The van der Waals surface area contributed by atoms with E-state index in [2.05, 4.69) is 5.32 Å². The lowest BCUT2D eigenvalue weighted by atomic mass is 10.0. The van der Waals surface area contributed by atoms with Crippen molar-refractivity contribution in [1.29, 1.82) is 0 Å². The van der Waals surface area contributed by atoms with Crippen LogP contribution in [0, 0.1) is 0 Å². The number of amides is 1. The van der Waals surface area contributed by atoms with Gasteiger partial charge in [-0.05, 0) is 35.9 Å². The topological polar surface area (TPSA) is 49.3 Å². The van der Waals surface area contributed by atoms with Crippen molar-refractivity contribution in [2.45, 2.75) is 18.9 Å². The highest BCUT2D eigenvalue weighted by atomic mass is 32.1. The lowest BCUT2D eigenvalue weighted by Crippen LogP contribution is -2.27. The Kier molecular flexibility index (Phi) is 6.19. The zero-order valence-corrected chi connectivity index (χ0v) is 12.6. The van der Waals surface area contributed by atoms with Gasteiger partial charge in [-0.15, -0.1) is 11.3 Å². The van der Waals surface area contributed by atoms with Crippen molar-refractivity contribution in [2.24, 2.45) is 0 Å². The molecular weight excluding hydrogens is 282 g/mol. The van der Waals surface area contributed by atoms with Crippen LogP contribution in [0.2, 0.25) is 0 Å². The van der Waals surface area contributed by atoms with Crippen molar-refractivity contribution in [2.75, 3.05) is 6.61 Å².